The van der Waals surface area contributed by atoms with Crippen molar-refractivity contribution in [2.75, 3.05) is 0 Å². The topological polar surface area (TPSA) is 17.1 Å². The summed E-state index contributed by atoms with van der Waals surface area (Å²) in [5.74, 6) is 0.393. The maximum atomic E-state index is 12.0. The second-order valence-electron chi connectivity index (χ2n) is 6.50. The van der Waals surface area contributed by atoms with Crippen molar-refractivity contribution < 1.29 is 4.79 Å². The van der Waals surface area contributed by atoms with Gasteiger partial charge in [0.05, 0.1) is 0 Å². The highest BCUT2D eigenvalue weighted by Crippen LogP contribution is 2.49. The summed E-state index contributed by atoms with van der Waals surface area (Å²) in [5, 5.41) is 0. The van der Waals surface area contributed by atoms with Crippen LogP contribution in [0.25, 0.3) is 0 Å². The van der Waals surface area contributed by atoms with Gasteiger partial charge in [0.25, 0.3) is 0 Å². The fourth-order valence-electron chi connectivity index (χ4n) is 4.24. The Balaban J connectivity index is 1.85. The SMILES string of the molecule is O=C1CCC2=C1CCC(c1ccccc1)(c1ccccc1)C2. The van der Waals surface area contributed by atoms with Gasteiger partial charge in [-0.15, -0.1) is 0 Å². The van der Waals surface area contributed by atoms with E-state index in [-0.39, 0.29) is 5.41 Å². The summed E-state index contributed by atoms with van der Waals surface area (Å²) in [4.78, 5) is 12.0. The van der Waals surface area contributed by atoms with E-state index in [1.54, 1.807) is 0 Å². The van der Waals surface area contributed by atoms with Crippen molar-refractivity contribution in [3.05, 3.63) is 82.9 Å². The molecule has 2 aliphatic carbocycles. The van der Waals surface area contributed by atoms with E-state index in [1.165, 1.54) is 16.7 Å². The molecule has 2 aliphatic rings. The molecule has 22 heavy (non-hydrogen) atoms. The fraction of sp³-hybridized carbons (Fsp3) is 0.286. The Morgan fingerprint density at radius 3 is 1.91 bits per heavy atom. The molecule has 1 nitrogen and oxygen atoms in total. The van der Waals surface area contributed by atoms with Gasteiger partial charge in [-0.25, -0.2) is 0 Å². The van der Waals surface area contributed by atoms with Gasteiger partial charge in [-0.3, -0.25) is 4.79 Å². The number of benzene rings is 2. The normalized spacial score (nSPS) is 20.1. The molecule has 0 spiro atoms. The van der Waals surface area contributed by atoms with E-state index in [0.717, 1.165) is 37.7 Å². The van der Waals surface area contributed by atoms with Crippen molar-refractivity contribution in [2.24, 2.45) is 0 Å². The molecule has 4 rings (SSSR count). The zero-order chi connectivity index (χ0) is 15.0. The second kappa shape index (κ2) is 5.24. The summed E-state index contributed by atoms with van der Waals surface area (Å²) in [6.07, 6.45) is 4.66. The van der Waals surface area contributed by atoms with Gasteiger partial charge in [-0.1, -0.05) is 66.2 Å². The summed E-state index contributed by atoms with van der Waals surface area (Å²) in [7, 11) is 0. The Labute approximate surface area is 131 Å². The van der Waals surface area contributed by atoms with E-state index >= 15 is 0 Å². The Bertz CT molecular complexity index is 686. The van der Waals surface area contributed by atoms with Gasteiger partial charge in [-0.2, -0.15) is 0 Å². The molecule has 0 bridgehead atoms. The van der Waals surface area contributed by atoms with Crippen LogP contribution in [0.4, 0.5) is 0 Å². The van der Waals surface area contributed by atoms with E-state index in [0.29, 0.717) is 5.78 Å². The number of hydrogen-bond donors (Lipinski definition) is 0. The maximum absolute atomic E-state index is 12.0. The monoisotopic (exact) mass is 288 g/mol. The number of carbonyl (C=O) groups excluding carboxylic acids is 1. The van der Waals surface area contributed by atoms with E-state index in [9.17, 15) is 4.79 Å². The van der Waals surface area contributed by atoms with Crippen LogP contribution >= 0.6 is 0 Å². The van der Waals surface area contributed by atoms with Gasteiger partial charge in [0.1, 0.15) is 0 Å². The predicted octanol–water partition coefficient (Wildman–Crippen LogP) is 4.82. The van der Waals surface area contributed by atoms with Crippen LogP contribution in [0.3, 0.4) is 0 Å². The first-order valence-corrected chi connectivity index (χ1v) is 8.15. The molecule has 0 amide bonds. The van der Waals surface area contributed by atoms with Gasteiger partial charge in [-0.05, 0) is 42.4 Å². The van der Waals surface area contributed by atoms with Crippen molar-refractivity contribution >= 4 is 5.78 Å². The maximum Gasteiger partial charge on any atom is 0.159 e. The number of carbonyl (C=O) groups is 1. The molecular formula is C21H20O. The van der Waals surface area contributed by atoms with Crippen LogP contribution in [-0.4, -0.2) is 5.78 Å². The molecule has 0 atom stereocenters. The third-order valence-corrected chi connectivity index (χ3v) is 5.39. The summed E-state index contributed by atoms with van der Waals surface area (Å²) in [6.45, 7) is 0. The lowest BCUT2D eigenvalue weighted by Crippen LogP contribution is -2.31. The first kappa shape index (κ1) is 13.5. The first-order chi connectivity index (χ1) is 10.8. The minimum absolute atomic E-state index is 0.0337. The average molecular weight is 288 g/mol. The lowest BCUT2D eigenvalue weighted by atomic mass is 9.64. The number of ketones is 1. The minimum Gasteiger partial charge on any atom is -0.295 e. The zero-order valence-electron chi connectivity index (χ0n) is 12.7. The van der Waals surface area contributed by atoms with Crippen LogP contribution in [0.5, 0.6) is 0 Å². The molecule has 0 N–H and O–H groups in total. The van der Waals surface area contributed by atoms with Gasteiger partial charge in [0.2, 0.25) is 0 Å². The Morgan fingerprint density at radius 2 is 1.32 bits per heavy atom. The van der Waals surface area contributed by atoms with Gasteiger partial charge >= 0.3 is 0 Å². The summed E-state index contributed by atoms with van der Waals surface area (Å²) in [5.41, 5.74) is 5.34. The third kappa shape index (κ3) is 2.04. The van der Waals surface area contributed by atoms with E-state index in [1.807, 2.05) is 0 Å². The van der Waals surface area contributed by atoms with Gasteiger partial charge in [0.15, 0.2) is 5.78 Å². The molecule has 1 heteroatoms. The number of rotatable bonds is 2. The molecule has 0 saturated carbocycles. The molecule has 0 fully saturated rings. The summed E-state index contributed by atoms with van der Waals surface area (Å²) in [6, 6.07) is 21.7. The number of hydrogen-bond acceptors (Lipinski definition) is 1. The minimum atomic E-state index is 0.0337. The van der Waals surface area contributed by atoms with Gasteiger partial charge in [0, 0.05) is 11.8 Å². The molecular weight excluding hydrogens is 268 g/mol. The largest absolute Gasteiger partial charge is 0.295 e. The Morgan fingerprint density at radius 1 is 0.727 bits per heavy atom. The standard InChI is InChI=1S/C21H20O/c22-20-12-11-16-15-21(14-13-19(16)20,17-7-3-1-4-8-17)18-9-5-2-6-10-18/h1-10H,11-15H2. The van der Waals surface area contributed by atoms with Crippen molar-refractivity contribution in [1.82, 2.24) is 0 Å². The molecule has 0 aromatic heterocycles. The molecule has 0 aliphatic heterocycles. The quantitative estimate of drug-likeness (QED) is 0.774. The van der Waals surface area contributed by atoms with Crippen molar-refractivity contribution in [2.45, 2.75) is 37.5 Å². The van der Waals surface area contributed by atoms with E-state index in [4.69, 9.17) is 0 Å². The smallest absolute Gasteiger partial charge is 0.159 e. The van der Waals surface area contributed by atoms with Crippen molar-refractivity contribution in [3.63, 3.8) is 0 Å². The van der Waals surface area contributed by atoms with Crippen LogP contribution < -0.4 is 0 Å². The number of Topliss-reactive ketones (excluding diaryl/α,β-unsaturated/α-hetero) is 1. The summed E-state index contributed by atoms with van der Waals surface area (Å²) >= 11 is 0. The number of allylic oxidation sites excluding steroid dienone is 2. The highest BCUT2D eigenvalue weighted by atomic mass is 16.1. The Kier molecular flexibility index (Phi) is 3.22. The summed E-state index contributed by atoms with van der Waals surface area (Å²) < 4.78 is 0. The van der Waals surface area contributed by atoms with Gasteiger partial charge < -0.3 is 0 Å². The average Bonchev–Trinajstić information content (AvgIpc) is 2.96. The molecule has 0 saturated heterocycles. The molecule has 2 aromatic rings. The van der Waals surface area contributed by atoms with E-state index < -0.39 is 0 Å². The highest BCUT2D eigenvalue weighted by molar-refractivity contribution is 5.99. The second-order valence-corrected chi connectivity index (χ2v) is 6.50. The van der Waals surface area contributed by atoms with Crippen LogP contribution in [0.15, 0.2) is 71.8 Å². The van der Waals surface area contributed by atoms with Crippen molar-refractivity contribution in [3.8, 4) is 0 Å². The predicted molar refractivity (Wildman–Crippen MR) is 88.8 cm³/mol. The van der Waals surface area contributed by atoms with E-state index in [2.05, 4.69) is 60.7 Å². The Hall–Kier alpha value is -2.15. The van der Waals surface area contributed by atoms with Crippen LogP contribution in [0, 0.1) is 0 Å². The van der Waals surface area contributed by atoms with Crippen LogP contribution in [0.2, 0.25) is 0 Å². The molecule has 0 unspecified atom stereocenters. The van der Waals surface area contributed by atoms with Crippen LogP contribution in [-0.2, 0) is 10.2 Å². The van der Waals surface area contributed by atoms with Crippen molar-refractivity contribution in [1.29, 1.82) is 0 Å². The van der Waals surface area contributed by atoms with Crippen LogP contribution in [0.1, 0.15) is 43.2 Å². The highest BCUT2D eigenvalue weighted by Gasteiger charge is 2.41. The first-order valence-electron chi connectivity index (χ1n) is 8.15. The zero-order valence-corrected chi connectivity index (χ0v) is 12.7. The molecule has 2 aromatic carbocycles. The molecule has 0 heterocycles. The third-order valence-electron chi connectivity index (χ3n) is 5.39. The fourth-order valence-corrected chi connectivity index (χ4v) is 4.24. The molecule has 0 radical (unpaired) electrons. The lowest BCUT2D eigenvalue weighted by Gasteiger charge is -2.39. The molecule has 110 valence electrons. The lowest BCUT2D eigenvalue weighted by molar-refractivity contribution is -0.115.